The molecule has 37 heavy (non-hydrogen) atoms. The Balaban J connectivity index is 1.76. The molecule has 3 N–H and O–H groups in total. The molecule has 0 saturated heterocycles. The number of esters is 2. The van der Waals surface area contributed by atoms with Crippen LogP contribution in [0, 0.1) is 5.92 Å². The number of hydrogen-bond donors (Lipinski definition) is 3. The largest absolute Gasteiger partial charge is 0.461 e. The monoisotopic (exact) mass is 528 g/mol. The number of ether oxygens (including phenoxy) is 3. The van der Waals surface area contributed by atoms with Gasteiger partial charge in [-0.15, -0.1) is 0 Å². The van der Waals surface area contributed by atoms with Crippen molar-refractivity contribution in [3.63, 3.8) is 0 Å². The Bertz CT molecular complexity index is 1180. The highest BCUT2D eigenvalue weighted by Gasteiger charge is 2.57. The maximum Gasteiger partial charge on any atom is 0.385 e. The van der Waals surface area contributed by atoms with Crippen LogP contribution in [0.25, 0.3) is 0 Å². The van der Waals surface area contributed by atoms with Crippen LogP contribution in [0.5, 0.6) is 0 Å². The second kappa shape index (κ2) is 13.3. The predicted octanol–water partition coefficient (Wildman–Crippen LogP) is 3.91. The maximum absolute atomic E-state index is 13.1. The molecule has 0 heterocycles. The molecule has 0 aliphatic heterocycles. The first-order chi connectivity index (χ1) is 17.7. The molecular weight excluding hydrogens is 499 g/mol. The van der Waals surface area contributed by atoms with Crippen molar-refractivity contribution in [2.75, 3.05) is 0 Å². The van der Waals surface area contributed by atoms with Gasteiger partial charge in [0.05, 0.1) is 6.61 Å². The molecule has 196 valence electrons. The summed E-state index contributed by atoms with van der Waals surface area (Å²) in [6, 6.07) is 25.9. The van der Waals surface area contributed by atoms with E-state index in [1.54, 1.807) is 84.9 Å². The molecule has 10 heteroatoms. The van der Waals surface area contributed by atoms with E-state index in [4.69, 9.17) is 14.2 Å². The van der Waals surface area contributed by atoms with Crippen LogP contribution in [0.15, 0.2) is 91.0 Å². The number of rotatable bonds is 13. The zero-order valence-corrected chi connectivity index (χ0v) is 20.9. The lowest BCUT2D eigenvalue weighted by Crippen LogP contribution is -2.45. The van der Waals surface area contributed by atoms with Gasteiger partial charge in [-0.2, -0.15) is 0 Å². The highest BCUT2D eigenvalue weighted by molar-refractivity contribution is 7.53. The lowest BCUT2D eigenvalue weighted by molar-refractivity contribution is -0.209. The van der Waals surface area contributed by atoms with Crippen molar-refractivity contribution in [2.24, 2.45) is 5.92 Å². The molecule has 3 aromatic carbocycles. The van der Waals surface area contributed by atoms with E-state index in [-0.39, 0.29) is 13.2 Å². The van der Waals surface area contributed by atoms with Crippen LogP contribution in [-0.2, 0) is 48.2 Å². The Hall–Kier alpha value is -3.33. The normalized spacial score (nSPS) is 13.8. The Labute approximate surface area is 214 Å². The molecule has 0 aliphatic carbocycles. The van der Waals surface area contributed by atoms with Crippen LogP contribution in [-0.4, -0.2) is 32.4 Å². The number of carbonyl (C=O) groups is 2. The number of hydrogen-bond acceptors (Lipinski definition) is 7. The van der Waals surface area contributed by atoms with Gasteiger partial charge in [-0.1, -0.05) is 91.0 Å². The van der Waals surface area contributed by atoms with Gasteiger partial charge in [0.15, 0.2) is 0 Å². The quantitative estimate of drug-likeness (QED) is 0.171. The van der Waals surface area contributed by atoms with Gasteiger partial charge in [0, 0.05) is 6.42 Å². The molecule has 3 rings (SSSR count). The molecule has 0 aliphatic rings. The van der Waals surface area contributed by atoms with E-state index in [9.17, 15) is 29.0 Å². The highest BCUT2D eigenvalue weighted by atomic mass is 31.2. The molecule has 2 atom stereocenters. The SMILES string of the molecule is O=C(CCC(C(=O)OCc1ccccc1)C(O)(OCc1ccccc1)P(=O)(O)O)OCc1ccccc1. The van der Waals surface area contributed by atoms with E-state index < -0.39 is 50.4 Å². The van der Waals surface area contributed by atoms with Crippen LogP contribution in [0.1, 0.15) is 29.5 Å². The molecule has 9 nitrogen and oxygen atoms in total. The Morgan fingerprint density at radius 2 is 1.16 bits per heavy atom. The minimum absolute atomic E-state index is 0.0178. The van der Waals surface area contributed by atoms with Gasteiger partial charge in [-0.05, 0) is 23.1 Å². The van der Waals surface area contributed by atoms with Crippen LogP contribution in [0.3, 0.4) is 0 Å². The highest BCUT2D eigenvalue weighted by Crippen LogP contribution is 2.55. The minimum atomic E-state index is -5.47. The van der Waals surface area contributed by atoms with E-state index in [1.807, 2.05) is 6.07 Å². The van der Waals surface area contributed by atoms with Gasteiger partial charge in [-0.3, -0.25) is 14.2 Å². The van der Waals surface area contributed by atoms with E-state index in [1.165, 1.54) is 0 Å². The van der Waals surface area contributed by atoms with Crippen molar-refractivity contribution < 1.29 is 43.3 Å². The summed E-state index contributed by atoms with van der Waals surface area (Å²) in [6.45, 7) is -0.621. The third-order valence-electron chi connectivity index (χ3n) is 5.55. The van der Waals surface area contributed by atoms with Gasteiger partial charge in [0.2, 0.25) is 0 Å². The Morgan fingerprint density at radius 1 is 0.730 bits per heavy atom. The maximum atomic E-state index is 13.1. The lowest BCUT2D eigenvalue weighted by atomic mass is 10.0. The molecule has 0 radical (unpaired) electrons. The van der Waals surface area contributed by atoms with E-state index in [0.717, 1.165) is 5.56 Å². The number of benzene rings is 3. The van der Waals surface area contributed by atoms with Crippen molar-refractivity contribution in [3.05, 3.63) is 108 Å². The second-order valence-corrected chi connectivity index (χ2v) is 10.0. The summed E-state index contributed by atoms with van der Waals surface area (Å²) < 4.78 is 28.2. The first kappa shape index (κ1) is 28.2. The van der Waals surface area contributed by atoms with E-state index in [0.29, 0.717) is 11.1 Å². The molecule has 0 aromatic heterocycles. The lowest BCUT2D eigenvalue weighted by Gasteiger charge is -2.34. The molecule has 0 saturated carbocycles. The van der Waals surface area contributed by atoms with Crippen molar-refractivity contribution in [1.82, 2.24) is 0 Å². The first-order valence-corrected chi connectivity index (χ1v) is 13.2. The van der Waals surface area contributed by atoms with Crippen LogP contribution < -0.4 is 0 Å². The molecule has 0 bridgehead atoms. The fourth-order valence-corrected chi connectivity index (χ4v) is 4.39. The van der Waals surface area contributed by atoms with Crippen LogP contribution >= 0.6 is 7.60 Å². The first-order valence-electron chi connectivity index (χ1n) is 11.5. The van der Waals surface area contributed by atoms with Gasteiger partial charge in [0.25, 0.3) is 5.53 Å². The summed E-state index contributed by atoms with van der Waals surface area (Å²) in [6.07, 6.45) is -0.910. The summed E-state index contributed by atoms with van der Waals surface area (Å²) in [5, 5.41) is 11.1. The topological polar surface area (TPSA) is 140 Å². The van der Waals surface area contributed by atoms with Crippen molar-refractivity contribution in [2.45, 2.75) is 38.2 Å². The zero-order valence-electron chi connectivity index (χ0n) is 20.0. The summed E-state index contributed by atoms with van der Waals surface area (Å²) in [7, 11) is -5.47. The molecule has 0 amide bonds. The minimum Gasteiger partial charge on any atom is -0.461 e. The fourth-order valence-electron chi connectivity index (χ4n) is 3.51. The number of carbonyl (C=O) groups excluding carboxylic acids is 2. The second-order valence-electron chi connectivity index (χ2n) is 8.31. The average Bonchev–Trinajstić information content (AvgIpc) is 2.90. The average molecular weight is 528 g/mol. The van der Waals surface area contributed by atoms with Gasteiger partial charge in [-0.25, -0.2) is 0 Å². The van der Waals surface area contributed by atoms with E-state index in [2.05, 4.69) is 0 Å². The molecular formula is C27H29O9P. The molecule has 3 aromatic rings. The number of aliphatic hydroxyl groups is 1. The standard InChI is InChI=1S/C27H29O9P/c28-25(34-18-21-10-4-1-5-11-21)17-16-24(26(29)35-19-22-12-6-2-7-13-22)27(30,37(31,32)33)36-20-23-14-8-3-9-15-23/h1-15,24,30H,16-20H2,(H2,31,32,33). The molecule has 0 spiro atoms. The fraction of sp³-hybridized carbons (Fsp3) is 0.259. The van der Waals surface area contributed by atoms with Crippen LogP contribution in [0.4, 0.5) is 0 Å². The summed E-state index contributed by atoms with van der Waals surface area (Å²) >= 11 is 0. The van der Waals surface area contributed by atoms with Crippen LogP contribution in [0.2, 0.25) is 0 Å². The third kappa shape index (κ3) is 8.35. The predicted molar refractivity (Wildman–Crippen MR) is 133 cm³/mol. The van der Waals surface area contributed by atoms with Crippen molar-refractivity contribution in [1.29, 1.82) is 0 Å². The van der Waals surface area contributed by atoms with Gasteiger partial charge >= 0.3 is 19.5 Å². The third-order valence-corrected chi connectivity index (χ3v) is 6.83. The van der Waals surface area contributed by atoms with Crippen molar-refractivity contribution >= 4 is 19.5 Å². The van der Waals surface area contributed by atoms with Crippen molar-refractivity contribution in [3.8, 4) is 0 Å². The zero-order chi connectivity index (χ0) is 26.7. The van der Waals surface area contributed by atoms with Gasteiger partial charge < -0.3 is 29.1 Å². The van der Waals surface area contributed by atoms with Gasteiger partial charge in [0.1, 0.15) is 19.1 Å². The summed E-state index contributed by atoms with van der Waals surface area (Å²) in [5.74, 6) is -3.73. The smallest absolute Gasteiger partial charge is 0.385 e. The molecule has 0 fully saturated rings. The summed E-state index contributed by atoms with van der Waals surface area (Å²) in [5.41, 5.74) is -1.36. The summed E-state index contributed by atoms with van der Waals surface area (Å²) in [4.78, 5) is 45.5. The van der Waals surface area contributed by atoms with E-state index >= 15 is 0 Å². The Morgan fingerprint density at radius 3 is 1.62 bits per heavy atom. The Kier molecular flexibility index (Phi) is 10.1. The molecule has 2 unspecified atom stereocenters.